The van der Waals surface area contributed by atoms with Crippen molar-refractivity contribution in [3.63, 3.8) is 0 Å². The molecule has 0 heterocycles. The van der Waals surface area contributed by atoms with E-state index in [1.165, 1.54) is 0 Å². The molecule has 0 spiro atoms. The lowest BCUT2D eigenvalue weighted by molar-refractivity contribution is -0.142. The molecule has 5 nitrogen and oxygen atoms in total. The van der Waals surface area contributed by atoms with Gasteiger partial charge >= 0.3 is 0 Å². The quantitative estimate of drug-likeness (QED) is 0.593. The smallest absolute Gasteiger partial charge is 0.261 e. The molecule has 0 aromatic heterocycles. The van der Waals surface area contributed by atoms with Crippen LogP contribution in [0.25, 0.3) is 0 Å². The van der Waals surface area contributed by atoms with Gasteiger partial charge in [0.05, 0.1) is 0 Å². The maximum absolute atomic E-state index is 13.1. The minimum Gasteiger partial charge on any atom is -0.483 e. The second-order valence-electron chi connectivity index (χ2n) is 7.76. The zero-order chi connectivity index (χ0) is 22.1. The summed E-state index contributed by atoms with van der Waals surface area (Å²) in [5.74, 6) is 0.341. The predicted molar refractivity (Wildman–Crippen MR) is 121 cm³/mol. The Bertz CT molecular complexity index is 863. The van der Waals surface area contributed by atoms with Crippen molar-refractivity contribution in [2.24, 2.45) is 0 Å². The first kappa shape index (κ1) is 23.5. The summed E-state index contributed by atoms with van der Waals surface area (Å²) in [6, 6.07) is 13.1. The third-order valence-electron chi connectivity index (χ3n) is 5.50. The van der Waals surface area contributed by atoms with Gasteiger partial charge in [0.15, 0.2) is 6.61 Å². The lowest BCUT2D eigenvalue weighted by Crippen LogP contribution is -2.49. The summed E-state index contributed by atoms with van der Waals surface area (Å²) in [5, 5.41) is 2.94. The zero-order valence-electron chi connectivity index (χ0n) is 18.8. The van der Waals surface area contributed by atoms with Crippen molar-refractivity contribution < 1.29 is 14.3 Å². The fraction of sp³-hybridized carbons (Fsp3) is 0.440. The van der Waals surface area contributed by atoms with Crippen molar-refractivity contribution in [3.8, 4) is 5.75 Å². The Labute approximate surface area is 180 Å². The predicted octanol–water partition coefficient (Wildman–Crippen LogP) is 4.32. The van der Waals surface area contributed by atoms with Gasteiger partial charge in [-0.2, -0.15) is 0 Å². The van der Waals surface area contributed by atoms with Gasteiger partial charge in [0.1, 0.15) is 11.8 Å². The number of aryl methyl sites for hydroxylation is 2. The second kappa shape index (κ2) is 11.4. The monoisotopic (exact) mass is 410 g/mol. The summed E-state index contributed by atoms with van der Waals surface area (Å²) in [6.45, 7) is 10.7. The number of nitrogens with zero attached hydrogens (tertiary/aromatic N) is 1. The molecule has 2 rings (SSSR count). The first-order chi connectivity index (χ1) is 14.3. The summed E-state index contributed by atoms with van der Waals surface area (Å²) >= 11 is 0. The van der Waals surface area contributed by atoms with Crippen LogP contribution >= 0.6 is 0 Å². The Morgan fingerprint density at radius 1 is 1.03 bits per heavy atom. The third kappa shape index (κ3) is 6.34. The molecule has 30 heavy (non-hydrogen) atoms. The average Bonchev–Trinajstić information content (AvgIpc) is 2.73. The van der Waals surface area contributed by atoms with Crippen molar-refractivity contribution in [1.82, 2.24) is 10.2 Å². The maximum atomic E-state index is 13.1. The van der Waals surface area contributed by atoms with Crippen LogP contribution < -0.4 is 10.1 Å². The zero-order valence-corrected chi connectivity index (χ0v) is 18.8. The van der Waals surface area contributed by atoms with E-state index in [9.17, 15) is 9.59 Å². The number of hydrogen-bond acceptors (Lipinski definition) is 3. The summed E-state index contributed by atoms with van der Waals surface area (Å²) in [5.41, 5.74) is 4.23. The number of nitrogens with one attached hydrogen (secondary N) is 1. The van der Waals surface area contributed by atoms with Crippen LogP contribution in [0.5, 0.6) is 5.75 Å². The number of hydrogen-bond donors (Lipinski definition) is 1. The lowest BCUT2D eigenvalue weighted by atomic mass is 10.1. The van der Waals surface area contributed by atoms with Crippen LogP contribution in [0.1, 0.15) is 48.9 Å². The van der Waals surface area contributed by atoms with Crippen LogP contribution in [0, 0.1) is 20.8 Å². The molecule has 0 fully saturated rings. The van der Waals surface area contributed by atoms with Gasteiger partial charge in [-0.05, 0) is 62.4 Å². The molecule has 0 aliphatic rings. The highest BCUT2D eigenvalue weighted by atomic mass is 16.5. The largest absolute Gasteiger partial charge is 0.483 e. The molecule has 0 radical (unpaired) electrons. The topological polar surface area (TPSA) is 58.6 Å². The minimum absolute atomic E-state index is 0.108. The fourth-order valence-electron chi connectivity index (χ4n) is 3.19. The van der Waals surface area contributed by atoms with Gasteiger partial charge in [0, 0.05) is 13.1 Å². The molecule has 1 atom stereocenters. The van der Waals surface area contributed by atoms with Crippen molar-refractivity contribution in [2.45, 2.75) is 60.0 Å². The molecule has 2 amide bonds. The van der Waals surface area contributed by atoms with Crippen LogP contribution in [0.15, 0.2) is 42.5 Å². The molecular weight excluding hydrogens is 376 g/mol. The van der Waals surface area contributed by atoms with Crippen LogP contribution in [0.2, 0.25) is 0 Å². The molecule has 1 unspecified atom stereocenters. The van der Waals surface area contributed by atoms with E-state index in [4.69, 9.17) is 4.74 Å². The molecule has 162 valence electrons. The molecule has 1 N–H and O–H groups in total. The number of benzene rings is 2. The van der Waals surface area contributed by atoms with Crippen LogP contribution in [-0.4, -0.2) is 35.9 Å². The average molecular weight is 411 g/mol. The number of carbonyl (C=O) groups is 2. The number of amides is 2. The standard InChI is InChI=1S/C25H34N2O3/c1-6-7-15-26-25(29)21(5)27(16-22-13-9-8-11-19(22)3)24(28)17-30-23-14-10-12-18(2)20(23)4/h8-14,21H,6-7,15-17H2,1-5H3,(H,26,29). The summed E-state index contributed by atoms with van der Waals surface area (Å²) < 4.78 is 5.83. The highest BCUT2D eigenvalue weighted by Crippen LogP contribution is 2.21. The molecule has 0 bridgehead atoms. The molecule has 0 aliphatic heterocycles. The number of carbonyl (C=O) groups excluding carboxylic acids is 2. The summed E-state index contributed by atoms with van der Waals surface area (Å²) in [7, 11) is 0. The molecule has 2 aromatic rings. The Balaban J connectivity index is 2.16. The van der Waals surface area contributed by atoms with E-state index in [1.807, 2.05) is 63.2 Å². The minimum atomic E-state index is -0.587. The van der Waals surface area contributed by atoms with E-state index in [0.717, 1.165) is 35.1 Å². The third-order valence-corrected chi connectivity index (χ3v) is 5.50. The Morgan fingerprint density at radius 2 is 1.73 bits per heavy atom. The first-order valence-corrected chi connectivity index (χ1v) is 10.7. The van der Waals surface area contributed by atoms with E-state index in [2.05, 4.69) is 12.2 Å². The highest BCUT2D eigenvalue weighted by molar-refractivity contribution is 5.88. The lowest BCUT2D eigenvalue weighted by Gasteiger charge is -2.29. The summed E-state index contributed by atoms with van der Waals surface area (Å²) in [4.78, 5) is 27.4. The number of ether oxygens (including phenoxy) is 1. The summed E-state index contributed by atoms with van der Waals surface area (Å²) in [6.07, 6.45) is 1.92. The SMILES string of the molecule is CCCCNC(=O)C(C)N(Cc1ccccc1C)C(=O)COc1cccc(C)c1C. The van der Waals surface area contributed by atoms with E-state index in [0.29, 0.717) is 18.8 Å². The normalized spacial score (nSPS) is 11.6. The van der Waals surface area contributed by atoms with E-state index < -0.39 is 6.04 Å². The number of unbranched alkanes of at least 4 members (excludes halogenated alkanes) is 1. The molecule has 0 aliphatic carbocycles. The van der Waals surface area contributed by atoms with Gasteiger partial charge in [-0.25, -0.2) is 0 Å². The molecular formula is C25H34N2O3. The molecule has 0 saturated carbocycles. The molecule has 2 aromatic carbocycles. The van der Waals surface area contributed by atoms with E-state index in [1.54, 1.807) is 11.8 Å². The van der Waals surface area contributed by atoms with E-state index in [-0.39, 0.29) is 18.4 Å². The number of rotatable bonds is 10. The van der Waals surface area contributed by atoms with Crippen LogP contribution in [0.4, 0.5) is 0 Å². The van der Waals surface area contributed by atoms with Gasteiger partial charge < -0.3 is 15.0 Å². The molecule has 5 heteroatoms. The van der Waals surface area contributed by atoms with Crippen LogP contribution in [0.3, 0.4) is 0 Å². The van der Waals surface area contributed by atoms with Gasteiger partial charge in [0.2, 0.25) is 5.91 Å². The van der Waals surface area contributed by atoms with Crippen molar-refractivity contribution >= 4 is 11.8 Å². The van der Waals surface area contributed by atoms with Crippen molar-refractivity contribution in [2.75, 3.05) is 13.2 Å². The van der Waals surface area contributed by atoms with E-state index >= 15 is 0 Å². The van der Waals surface area contributed by atoms with Gasteiger partial charge in [0.25, 0.3) is 5.91 Å². The van der Waals surface area contributed by atoms with Gasteiger partial charge in [-0.1, -0.05) is 49.7 Å². The van der Waals surface area contributed by atoms with Gasteiger partial charge in [-0.15, -0.1) is 0 Å². The first-order valence-electron chi connectivity index (χ1n) is 10.7. The van der Waals surface area contributed by atoms with Gasteiger partial charge in [-0.3, -0.25) is 9.59 Å². The highest BCUT2D eigenvalue weighted by Gasteiger charge is 2.26. The molecule has 0 saturated heterocycles. The van der Waals surface area contributed by atoms with Crippen molar-refractivity contribution in [1.29, 1.82) is 0 Å². The van der Waals surface area contributed by atoms with Crippen LogP contribution in [-0.2, 0) is 16.1 Å². The second-order valence-corrected chi connectivity index (χ2v) is 7.76. The Kier molecular flexibility index (Phi) is 8.90. The maximum Gasteiger partial charge on any atom is 0.261 e. The Hall–Kier alpha value is -2.82. The Morgan fingerprint density at radius 3 is 2.43 bits per heavy atom. The van der Waals surface area contributed by atoms with Crippen molar-refractivity contribution in [3.05, 3.63) is 64.7 Å². The fourth-order valence-corrected chi connectivity index (χ4v) is 3.19.